The molecule has 0 fully saturated rings. The van der Waals surface area contributed by atoms with Gasteiger partial charge in [-0.2, -0.15) is 0 Å². The van der Waals surface area contributed by atoms with Crippen LogP contribution in [0.15, 0.2) is 36.4 Å². The molecule has 3 rings (SSSR count). The van der Waals surface area contributed by atoms with Crippen LogP contribution in [-0.2, 0) is 12.8 Å². The summed E-state index contributed by atoms with van der Waals surface area (Å²) in [5.74, 6) is -2.08. The largest absolute Gasteiger partial charge is 0.478 e. The number of carboxylic acids is 2. The molecule has 0 radical (unpaired) electrons. The first-order chi connectivity index (χ1) is 16.4. The highest BCUT2D eigenvalue weighted by Gasteiger charge is 2.22. The van der Waals surface area contributed by atoms with Gasteiger partial charge in [0.1, 0.15) is 0 Å². The van der Waals surface area contributed by atoms with Gasteiger partial charge in [-0.05, 0) is 62.1 Å². The molecule has 0 bridgehead atoms. The van der Waals surface area contributed by atoms with E-state index in [1.165, 1.54) is 48.3 Å². The number of carboxylic acid groups (broad SMARTS) is 2. The van der Waals surface area contributed by atoms with E-state index in [-0.39, 0.29) is 11.1 Å². The molecular formula is C28H34O4S2. The lowest BCUT2D eigenvalue weighted by Gasteiger charge is -2.11. The smallest absolute Gasteiger partial charge is 0.336 e. The van der Waals surface area contributed by atoms with Crippen molar-refractivity contribution in [3.8, 4) is 20.9 Å². The Labute approximate surface area is 210 Å². The summed E-state index contributed by atoms with van der Waals surface area (Å²) >= 11 is 3.12. The van der Waals surface area contributed by atoms with Crippen LogP contribution in [0.25, 0.3) is 20.9 Å². The van der Waals surface area contributed by atoms with E-state index in [4.69, 9.17) is 0 Å². The van der Waals surface area contributed by atoms with Crippen molar-refractivity contribution in [3.63, 3.8) is 0 Å². The van der Waals surface area contributed by atoms with Crippen LogP contribution in [0.4, 0.5) is 0 Å². The Morgan fingerprint density at radius 3 is 1.41 bits per heavy atom. The number of unbranched alkanes of at least 4 members (excludes halogenated alkanes) is 6. The SMILES string of the molecule is CCCCCCc1ccc(-c2cc(C(=O)O)c(-c3ccc(CCCCCC)s3)cc2C(=O)O)s1. The van der Waals surface area contributed by atoms with E-state index in [0.29, 0.717) is 11.1 Å². The number of carbonyl (C=O) groups is 2. The van der Waals surface area contributed by atoms with Crippen LogP contribution >= 0.6 is 22.7 Å². The average molecular weight is 499 g/mol. The average Bonchev–Trinajstić information content (AvgIpc) is 3.48. The van der Waals surface area contributed by atoms with Gasteiger partial charge in [0, 0.05) is 30.6 Å². The highest BCUT2D eigenvalue weighted by atomic mass is 32.1. The lowest BCUT2D eigenvalue weighted by molar-refractivity contribution is 0.0682. The predicted molar refractivity (Wildman–Crippen MR) is 143 cm³/mol. The zero-order valence-electron chi connectivity index (χ0n) is 20.1. The van der Waals surface area contributed by atoms with Gasteiger partial charge in [-0.3, -0.25) is 0 Å². The summed E-state index contributed by atoms with van der Waals surface area (Å²) in [6.07, 6.45) is 11.3. The van der Waals surface area contributed by atoms with Crippen LogP contribution in [0, 0.1) is 0 Å². The number of benzene rings is 1. The van der Waals surface area contributed by atoms with E-state index < -0.39 is 11.9 Å². The molecule has 0 unspecified atom stereocenters. The van der Waals surface area contributed by atoms with E-state index in [1.54, 1.807) is 34.8 Å². The van der Waals surface area contributed by atoms with Gasteiger partial charge in [-0.25, -0.2) is 9.59 Å². The fourth-order valence-corrected chi connectivity index (χ4v) is 6.29. The molecule has 182 valence electrons. The number of hydrogen-bond acceptors (Lipinski definition) is 4. The summed E-state index contributed by atoms with van der Waals surface area (Å²) in [5.41, 5.74) is 1.26. The molecule has 0 aliphatic heterocycles. The minimum absolute atomic E-state index is 0.150. The molecule has 6 heteroatoms. The van der Waals surface area contributed by atoms with Crippen molar-refractivity contribution < 1.29 is 19.8 Å². The summed E-state index contributed by atoms with van der Waals surface area (Å²) < 4.78 is 0. The van der Waals surface area contributed by atoms with E-state index in [1.807, 2.05) is 24.3 Å². The third-order valence-corrected chi connectivity index (χ3v) is 8.38. The number of rotatable bonds is 14. The minimum Gasteiger partial charge on any atom is -0.478 e. The Kier molecular flexibility index (Phi) is 9.90. The third kappa shape index (κ3) is 6.80. The van der Waals surface area contributed by atoms with Crippen molar-refractivity contribution in [1.29, 1.82) is 0 Å². The zero-order chi connectivity index (χ0) is 24.5. The summed E-state index contributed by atoms with van der Waals surface area (Å²) in [4.78, 5) is 28.4. The first-order valence-corrected chi connectivity index (χ1v) is 13.9. The standard InChI is InChI=1S/C28H34O4S2/c1-3-5-7-9-11-19-13-15-25(33-19)21-17-24(28(31)32)22(18-23(21)27(29)30)26-16-14-20(34-26)12-10-8-6-4-2/h13-18H,3-12H2,1-2H3,(H,29,30)(H,31,32). The van der Waals surface area contributed by atoms with Gasteiger partial charge < -0.3 is 10.2 Å². The highest BCUT2D eigenvalue weighted by Crippen LogP contribution is 2.38. The van der Waals surface area contributed by atoms with Crippen LogP contribution in [0.2, 0.25) is 0 Å². The van der Waals surface area contributed by atoms with E-state index in [9.17, 15) is 19.8 Å². The molecule has 0 aliphatic carbocycles. The number of hydrogen-bond donors (Lipinski definition) is 2. The Hall–Kier alpha value is -2.44. The Balaban J connectivity index is 1.92. The van der Waals surface area contributed by atoms with Crippen LogP contribution in [0.5, 0.6) is 0 Å². The predicted octanol–water partition coefficient (Wildman–Crippen LogP) is 8.79. The van der Waals surface area contributed by atoms with Gasteiger partial charge in [0.15, 0.2) is 0 Å². The normalized spacial score (nSPS) is 11.1. The Bertz CT molecular complexity index is 1020. The fraction of sp³-hybridized carbons (Fsp3) is 0.429. The molecule has 0 saturated carbocycles. The summed E-state index contributed by atoms with van der Waals surface area (Å²) in [7, 11) is 0. The molecule has 0 aliphatic rings. The molecule has 3 aromatic rings. The first-order valence-electron chi connectivity index (χ1n) is 12.3. The number of thiophene rings is 2. The number of aryl methyl sites for hydroxylation is 2. The van der Waals surface area contributed by atoms with Crippen molar-refractivity contribution in [2.75, 3.05) is 0 Å². The minimum atomic E-state index is -1.04. The fourth-order valence-electron chi connectivity index (χ4n) is 4.13. The maximum absolute atomic E-state index is 12.2. The van der Waals surface area contributed by atoms with Gasteiger partial charge in [0.2, 0.25) is 0 Å². The molecule has 0 saturated heterocycles. The monoisotopic (exact) mass is 498 g/mol. The number of aromatic carboxylic acids is 2. The molecule has 2 heterocycles. The van der Waals surface area contributed by atoms with E-state index in [0.717, 1.165) is 35.4 Å². The van der Waals surface area contributed by atoms with Crippen LogP contribution < -0.4 is 0 Å². The molecule has 0 spiro atoms. The van der Waals surface area contributed by atoms with E-state index in [2.05, 4.69) is 13.8 Å². The quantitative estimate of drug-likeness (QED) is 0.218. The van der Waals surface area contributed by atoms with Gasteiger partial charge >= 0.3 is 11.9 Å². The summed E-state index contributed by atoms with van der Waals surface area (Å²) in [6, 6.07) is 11.0. The van der Waals surface area contributed by atoms with Gasteiger partial charge in [0.25, 0.3) is 0 Å². The zero-order valence-corrected chi connectivity index (χ0v) is 21.7. The second kappa shape index (κ2) is 12.9. The third-order valence-electron chi connectivity index (χ3n) is 6.03. The first kappa shape index (κ1) is 26.2. The van der Waals surface area contributed by atoms with Gasteiger partial charge in [0.05, 0.1) is 11.1 Å². The van der Waals surface area contributed by atoms with Crippen molar-refractivity contribution in [1.82, 2.24) is 0 Å². The molecular weight excluding hydrogens is 464 g/mol. The molecule has 34 heavy (non-hydrogen) atoms. The maximum atomic E-state index is 12.2. The summed E-state index contributed by atoms with van der Waals surface area (Å²) in [6.45, 7) is 4.37. The maximum Gasteiger partial charge on any atom is 0.336 e. The molecule has 2 N–H and O–H groups in total. The van der Waals surface area contributed by atoms with Crippen molar-refractivity contribution in [2.45, 2.75) is 78.1 Å². The lowest BCUT2D eigenvalue weighted by atomic mass is 9.96. The second-order valence-electron chi connectivity index (χ2n) is 8.71. The van der Waals surface area contributed by atoms with Crippen LogP contribution in [0.1, 0.15) is 95.7 Å². The van der Waals surface area contributed by atoms with Crippen LogP contribution in [0.3, 0.4) is 0 Å². The van der Waals surface area contributed by atoms with E-state index >= 15 is 0 Å². The summed E-state index contributed by atoms with van der Waals surface area (Å²) in [5, 5.41) is 19.9. The molecule has 0 amide bonds. The van der Waals surface area contributed by atoms with Gasteiger partial charge in [-0.1, -0.05) is 52.4 Å². The van der Waals surface area contributed by atoms with Crippen molar-refractivity contribution in [3.05, 3.63) is 57.3 Å². The van der Waals surface area contributed by atoms with Gasteiger partial charge in [-0.15, -0.1) is 22.7 Å². The Morgan fingerprint density at radius 1 is 0.647 bits per heavy atom. The second-order valence-corrected chi connectivity index (χ2v) is 11.0. The van der Waals surface area contributed by atoms with Crippen LogP contribution in [-0.4, -0.2) is 22.2 Å². The van der Waals surface area contributed by atoms with Crippen molar-refractivity contribution >= 4 is 34.6 Å². The molecule has 0 atom stereocenters. The molecule has 4 nitrogen and oxygen atoms in total. The molecule has 1 aromatic carbocycles. The lowest BCUT2D eigenvalue weighted by Crippen LogP contribution is -2.05. The molecule has 2 aromatic heterocycles. The van der Waals surface area contributed by atoms with Crippen molar-refractivity contribution in [2.24, 2.45) is 0 Å². The topological polar surface area (TPSA) is 74.6 Å². The Morgan fingerprint density at radius 2 is 1.06 bits per heavy atom. The highest BCUT2D eigenvalue weighted by molar-refractivity contribution is 7.16.